The predicted molar refractivity (Wildman–Crippen MR) is 101 cm³/mol. The van der Waals surface area contributed by atoms with Crippen LogP contribution in [0.2, 0.25) is 0 Å². The van der Waals surface area contributed by atoms with Crippen molar-refractivity contribution in [1.29, 1.82) is 0 Å². The number of benzene rings is 1. The van der Waals surface area contributed by atoms with Crippen LogP contribution in [0.3, 0.4) is 0 Å². The van der Waals surface area contributed by atoms with Gasteiger partial charge in [0.1, 0.15) is 0 Å². The number of nitrogens with zero attached hydrogens (tertiary/aromatic N) is 2. The second-order valence-electron chi connectivity index (χ2n) is 6.31. The minimum absolute atomic E-state index is 0.000900. The molecule has 1 amide bonds. The van der Waals surface area contributed by atoms with Crippen molar-refractivity contribution in [1.82, 2.24) is 9.88 Å². The van der Waals surface area contributed by atoms with Gasteiger partial charge >= 0.3 is 0 Å². The van der Waals surface area contributed by atoms with E-state index in [1.807, 2.05) is 54.3 Å². The molecule has 0 radical (unpaired) electrons. The molecule has 0 N–H and O–H groups in total. The summed E-state index contributed by atoms with van der Waals surface area (Å²) >= 11 is 0. The summed E-state index contributed by atoms with van der Waals surface area (Å²) in [5.74, 6) is 1.19. The van der Waals surface area contributed by atoms with Crippen LogP contribution < -0.4 is 9.47 Å². The molecule has 5 nitrogen and oxygen atoms in total. The zero-order valence-corrected chi connectivity index (χ0v) is 15.2. The summed E-state index contributed by atoms with van der Waals surface area (Å²) in [6.07, 6.45) is 9.56. The minimum Gasteiger partial charge on any atom is -0.493 e. The normalized spacial score (nSPS) is 13.6. The Kier molecular flexibility index (Phi) is 5.89. The third-order valence-corrected chi connectivity index (χ3v) is 4.31. The van der Waals surface area contributed by atoms with Gasteiger partial charge in [-0.1, -0.05) is 18.2 Å². The Bertz CT molecular complexity index is 770. The van der Waals surface area contributed by atoms with Crippen LogP contribution in [0, 0.1) is 0 Å². The molecule has 26 heavy (non-hydrogen) atoms. The topological polar surface area (TPSA) is 51.7 Å². The Morgan fingerprint density at radius 3 is 2.65 bits per heavy atom. The van der Waals surface area contributed by atoms with Crippen LogP contribution in [-0.4, -0.2) is 35.5 Å². The molecular weight excluding hydrogens is 328 g/mol. The van der Waals surface area contributed by atoms with E-state index < -0.39 is 0 Å². The quantitative estimate of drug-likeness (QED) is 0.727. The van der Waals surface area contributed by atoms with Crippen molar-refractivity contribution >= 4 is 12.0 Å². The van der Waals surface area contributed by atoms with Crippen LogP contribution in [-0.2, 0) is 11.3 Å². The van der Waals surface area contributed by atoms with Gasteiger partial charge in [0.15, 0.2) is 18.1 Å². The SMILES string of the molecule is C/C=C\c1ccc(OCC(=O)N(Cc2ccncc2)C2CC2)c(OC)c1. The summed E-state index contributed by atoms with van der Waals surface area (Å²) in [6, 6.07) is 9.87. The maximum absolute atomic E-state index is 12.7. The zero-order valence-electron chi connectivity index (χ0n) is 15.2. The Morgan fingerprint density at radius 2 is 2.00 bits per heavy atom. The molecule has 3 rings (SSSR count). The summed E-state index contributed by atoms with van der Waals surface area (Å²) in [4.78, 5) is 18.6. The van der Waals surface area contributed by atoms with Crippen LogP contribution in [0.25, 0.3) is 6.08 Å². The third kappa shape index (κ3) is 4.63. The predicted octanol–water partition coefficient (Wildman–Crippen LogP) is 3.69. The lowest BCUT2D eigenvalue weighted by Crippen LogP contribution is -2.36. The second kappa shape index (κ2) is 8.52. The Labute approximate surface area is 154 Å². The van der Waals surface area contributed by atoms with E-state index in [4.69, 9.17) is 9.47 Å². The van der Waals surface area contributed by atoms with Gasteiger partial charge in [0.05, 0.1) is 7.11 Å². The molecule has 1 aliphatic rings. The van der Waals surface area contributed by atoms with E-state index in [0.717, 1.165) is 24.0 Å². The van der Waals surface area contributed by atoms with Gasteiger partial charge in [0, 0.05) is 25.0 Å². The van der Waals surface area contributed by atoms with E-state index in [1.54, 1.807) is 19.5 Å². The van der Waals surface area contributed by atoms with Crippen molar-refractivity contribution in [2.24, 2.45) is 0 Å². The fourth-order valence-corrected chi connectivity index (χ4v) is 2.81. The standard InChI is InChI=1S/C21H24N2O3/c1-3-4-16-5-8-19(20(13-16)25-2)26-15-21(24)23(18-6-7-18)14-17-9-11-22-12-10-17/h3-5,8-13,18H,6-7,14-15H2,1-2H3/b4-3-. The molecule has 0 atom stereocenters. The van der Waals surface area contributed by atoms with Gasteiger partial charge in [-0.3, -0.25) is 9.78 Å². The highest BCUT2D eigenvalue weighted by atomic mass is 16.5. The summed E-state index contributed by atoms with van der Waals surface area (Å²) in [5.41, 5.74) is 2.11. The minimum atomic E-state index is -0.0103. The maximum atomic E-state index is 12.7. The van der Waals surface area contributed by atoms with Gasteiger partial charge in [0.2, 0.25) is 0 Å². The van der Waals surface area contributed by atoms with Crippen LogP contribution in [0.5, 0.6) is 11.5 Å². The highest BCUT2D eigenvalue weighted by Crippen LogP contribution is 2.30. The number of carbonyl (C=O) groups excluding carboxylic acids is 1. The number of pyridine rings is 1. The molecule has 1 aromatic heterocycles. The first-order chi connectivity index (χ1) is 12.7. The highest BCUT2D eigenvalue weighted by molar-refractivity contribution is 5.78. The number of amides is 1. The Hall–Kier alpha value is -2.82. The first kappa shape index (κ1) is 18.0. The molecule has 1 aromatic carbocycles. The first-order valence-corrected chi connectivity index (χ1v) is 8.83. The number of aromatic nitrogens is 1. The molecule has 0 spiro atoms. The van der Waals surface area contributed by atoms with Gasteiger partial charge in [-0.15, -0.1) is 0 Å². The average Bonchev–Trinajstić information content (AvgIpc) is 3.51. The molecule has 0 bridgehead atoms. The van der Waals surface area contributed by atoms with E-state index in [9.17, 15) is 4.79 Å². The molecule has 1 heterocycles. The van der Waals surface area contributed by atoms with E-state index >= 15 is 0 Å². The monoisotopic (exact) mass is 352 g/mol. The Balaban J connectivity index is 1.65. The zero-order chi connectivity index (χ0) is 18.4. The van der Waals surface area contributed by atoms with Gasteiger partial charge in [-0.2, -0.15) is 0 Å². The van der Waals surface area contributed by atoms with Crippen molar-refractivity contribution in [3.05, 3.63) is 59.9 Å². The van der Waals surface area contributed by atoms with Crippen LogP contribution in [0.15, 0.2) is 48.8 Å². The van der Waals surface area contributed by atoms with Crippen molar-refractivity contribution in [2.45, 2.75) is 32.4 Å². The molecule has 5 heteroatoms. The molecule has 1 saturated carbocycles. The number of methoxy groups -OCH3 is 1. The second-order valence-corrected chi connectivity index (χ2v) is 6.31. The fourth-order valence-electron chi connectivity index (χ4n) is 2.81. The highest BCUT2D eigenvalue weighted by Gasteiger charge is 2.32. The molecule has 136 valence electrons. The Morgan fingerprint density at radius 1 is 1.23 bits per heavy atom. The summed E-state index contributed by atoms with van der Waals surface area (Å²) < 4.78 is 11.2. The van der Waals surface area contributed by atoms with Crippen LogP contribution in [0.4, 0.5) is 0 Å². The number of hydrogen-bond donors (Lipinski definition) is 0. The average molecular weight is 352 g/mol. The lowest BCUT2D eigenvalue weighted by molar-refractivity contribution is -0.134. The number of allylic oxidation sites excluding steroid dienone is 1. The van der Waals surface area contributed by atoms with Crippen molar-refractivity contribution in [3.63, 3.8) is 0 Å². The summed E-state index contributed by atoms with van der Waals surface area (Å²) in [7, 11) is 1.60. The fraction of sp³-hybridized carbons (Fsp3) is 0.333. The van der Waals surface area contributed by atoms with Gasteiger partial charge < -0.3 is 14.4 Å². The smallest absolute Gasteiger partial charge is 0.261 e. The van der Waals surface area contributed by atoms with E-state index in [-0.39, 0.29) is 12.5 Å². The molecule has 2 aromatic rings. The molecule has 0 saturated heterocycles. The van der Waals surface area contributed by atoms with Gasteiger partial charge in [0.25, 0.3) is 5.91 Å². The van der Waals surface area contributed by atoms with Crippen LogP contribution >= 0.6 is 0 Å². The largest absolute Gasteiger partial charge is 0.493 e. The molecular formula is C21H24N2O3. The van der Waals surface area contributed by atoms with Crippen LogP contribution in [0.1, 0.15) is 30.9 Å². The van der Waals surface area contributed by atoms with E-state index in [2.05, 4.69) is 4.98 Å². The van der Waals surface area contributed by atoms with Crippen molar-refractivity contribution in [3.8, 4) is 11.5 Å². The third-order valence-electron chi connectivity index (χ3n) is 4.31. The van der Waals surface area contributed by atoms with Crippen molar-refractivity contribution < 1.29 is 14.3 Å². The lowest BCUT2D eigenvalue weighted by Gasteiger charge is -2.23. The van der Waals surface area contributed by atoms with Gasteiger partial charge in [-0.05, 0) is 55.2 Å². The molecule has 1 aliphatic carbocycles. The molecule has 0 aliphatic heterocycles. The number of hydrogen-bond acceptors (Lipinski definition) is 4. The number of carbonyl (C=O) groups is 1. The number of rotatable bonds is 8. The molecule has 0 unspecified atom stereocenters. The molecule has 1 fully saturated rings. The van der Waals surface area contributed by atoms with E-state index in [1.165, 1.54) is 0 Å². The summed E-state index contributed by atoms with van der Waals surface area (Å²) in [6.45, 7) is 2.55. The summed E-state index contributed by atoms with van der Waals surface area (Å²) in [5, 5.41) is 0. The maximum Gasteiger partial charge on any atom is 0.261 e. The lowest BCUT2D eigenvalue weighted by atomic mass is 10.2. The first-order valence-electron chi connectivity index (χ1n) is 8.83. The van der Waals surface area contributed by atoms with E-state index in [0.29, 0.717) is 24.1 Å². The van der Waals surface area contributed by atoms with Crippen molar-refractivity contribution in [2.75, 3.05) is 13.7 Å². The number of ether oxygens (including phenoxy) is 2. The van der Waals surface area contributed by atoms with Gasteiger partial charge in [-0.25, -0.2) is 0 Å².